The highest BCUT2D eigenvalue weighted by Gasteiger charge is 2.32. The van der Waals surface area contributed by atoms with Gasteiger partial charge >= 0.3 is 6.18 Å². The first kappa shape index (κ1) is 27.2. The van der Waals surface area contributed by atoms with E-state index >= 15 is 0 Å². The molecule has 196 valence electrons. The minimum Gasteiger partial charge on any atom is -0.355 e. The van der Waals surface area contributed by atoms with Crippen LogP contribution in [0.1, 0.15) is 37.5 Å². The van der Waals surface area contributed by atoms with Crippen molar-refractivity contribution >= 4 is 40.7 Å². The van der Waals surface area contributed by atoms with Crippen molar-refractivity contribution in [2.24, 2.45) is 0 Å². The number of hydrogen-bond donors (Lipinski definition) is 2. The standard InChI is InChI=1S/C26H20Cl2F3N5O2/c1-14-9-16(27)10-18(24(37)32-2)22(14)34-25(38)19-13-36(35-23(19)17-5-3-4-6-20(17)28)12-15-7-8-21(33-11-15)26(29,30)31/h3-11,13H,12H2,1-2H3,(H,32,37)(H,34,38). The molecule has 0 aliphatic rings. The molecule has 38 heavy (non-hydrogen) atoms. The third kappa shape index (κ3) is 5.81. The van der Waals surface area contributed by atoms with Crippen molar-refractivity contribution in [3.8, 4) is 11.3 Å². The Morgan fingerprint density at radius 3 is 2.39 bits per heavy atom. The summed E-state index contributed by atoms with van der Waals surface area (Å²) in [7, 11) is 1.46. The lowest BCUT2D eigenvalue weighted by molar-refractivity contribution is -0.141. The second-order valence-electron chi connectivity index (χ2n) is 8.30. The lowest BCUT2D eigenvalue weighted by atomic mass is 10.0. The number of nitrogens with zero attached hydrogens (tertiary/aromatic N) is 3. The molecule has 2 N–H and O–H groups in total. The zero-order valence-electron chi connectivity index (χ0n) is 20.0. The van der Waals surface area contributed by atoms with E-state index in [0.717, 1.165) is 12.3 Å². The monoisotopic (exact) mass is 561 g/mol. The quantitative estimate of drug-likeness (QED) is 0.291. The molecular formula is C26H20Cl2F3N5O2. The molecule has 0 bridgehead atoms. The van der Waals surface area contributed by atoms with Crippen molar-refractivity contribution in [1.29, 1.82) is 0 Å². The molecule has 7 nitrogen and oxygen atoms in total. The Balaban J connectivity index is 1.74. The van der Waals surface area contributed by atoms with Crippen LogP contribution < -0.4 is 10.6 Å². The number of aryl methyl sites for hydroxylation is 1. The van der Waals surface area contributed by atoms with E-state index in [1.807, 2.05) is 0 Å². The first-order chi connectivity index (χ1) is 18.0. The van der Waals surface area contributed by atoms with Gasteiger partial charge in [0.15, 0.2) is 0 Å². The van der Waals surface area contributed by atoms with Gasteiger partial charge in [0.05, 0.1) is 28.4 Å². The Bertz CT molecular complexity index is 1520. The summed E-state index contributed by atoms with van der Waals surface area (Å²) in [5, 5.41) is 10.5. The van der Waals surface area contributed by atoms with E-state index in [1.54, 1.807) is 37.3 Å². The number of carbonyl (C=O) groups excluding carboxylic acids is 2. The predicted octanol–water partition coefficient (Wildman–Crippen LogP) is 6.24. The number of amides is 2. The molecular weight excluding hydrogens is 542 g/mol. The van der Waals surface area contributed by atoms with E-state index in [0.29, 0.717) is 26.7 Å². The average molecular weight is 562 g/mol. The molecule has 0 radical (unpaired) electrons. The Labute approximate surface area is 225 Å². The van der Waals surface area contributed by atoms with Gasteiger partial charge in [-0.3, -0.25) is 19.3 Å². The van der Waals surface area contributed by atoms with Crippen LogP contribution >= 0.6 is 23.2 Å². The number of nitrogens with one attached hydrogen (secondary N) is 2. The van der Waals surface area contributed by atoms with Gasteiger partial charge in [0.1, 0.15) is 11.4 Å². The fourth-order valence-corrected chi connectivity index (χ4v) is 4.30. The summed E-state index contributed by atoms with van der Waals surface area (Å²) in [5.41, 5.74) is 1.29. The van der Waals surface area contributed by atoms with E-state index in [9.17, 15) is 22.8 Å². The van der Waals surface area contributed by atoms with Gasteiger partial charge in [0.25, 0.3) is 11.8 Å². The Kier molecular flexibility index (Phi) is 7.75. The number of carbonyl (C=O) groups is 2. The van der Waals surface area contributed by atoms with Crippen molar-refractivity contribution in [2.75, 3.05) is 12.4 Å². The number of aromatic nitrogens is 3. The largest absolute Gasteiger partial charge is 0.433 e. The lowest BCUT2D eigenvalue weighted by Gasteiger charge is -2.14. The van der Waals surface area contributed by atoms with E-state index in [1.165, 1.54) is 30.1 Å². The van der Waals surface area contributed by atoms with Crippen LogP contribution in [0.25, 0.3) is 11.3 Å². The highest BCUT2D eigenvalue weighted by atomic mass is 35.5. The smallest absolute Gasteiger partial charge is 0.355 e. The Hall–Kier alpha value is -3.89. The first-order valence-electron chi connectivity index (χ1n) is 11.2. The average Bonchev–Trinajstić information content (AvgIpc) is 3.28. The molecule has 0 unspecified atom stereocenters. The molecule has 0 spiro atoms. The maximum atomic E-state index is 13.5. The van der Waals surface area contributed by atoms with Crippen LogP contribution in [0.2, 0.25) is 10.0 Å². The van der Waals surface area contributed by atoms with Gasteiger partial charge < -0.3 is 10.6 Å². The SMILES string of the molecule is CNC(=O)c1cc(Cl)cc(C)c1NC(=O)c1cn(Cc2ccc(C(F)(F)F)nc2)nc1-c1ccccc1Cl. The van der Waals surface area contributed by atoms with Gasteiger partial charge in [-0.15, -0.1) is 0 Å². The highest BCUT2D eigenvalue weighted by molar-refractivity contribution is 6.33. The number of alkyl halides is 3. The Morgan fingerprint density at radius 1 is 1.03 bits per heavy atom. The molecule has 2 amide bonds. The molecule has 2 aromatic carbocycles. The van der Waals surface area contributed by atoms with Gasteiger partial charge in [-0.2, -0.15) is 18.3 Å². The van der Waals surface area contributed by atoms with Crippen molar-refractivity contribution in [3.05, 3.63) is 98.9 Å². The van der Waals surface area contributed by atoms with E-state index in [2.05, 4.69) is 20.7 Å². The zero-order chi connectivity index (χ0) is 27.6. The molecule has 4 rings (SSSR count). The van der Waals surface area contributed by atoms with E-state index < -0.39 is 23.7 Å². The maximum absolute atomic E-state index is 13.5. The molecule has 2 aromatic heterocycles. The van der Waals surface area contributed by atoms with E-state index in [-0.39, 0.29) is 29.1 Å². The van der Waals surface area contributed by atoms with Crippen LogP contribution in [0.15, 0.2) is 60.9 Å². The lowest BCUT2D eigenvalue weighted by Crippen LogP contribution is -2.22. The summed E-state index contributed by atoms with van der Waals surface area (Å²) in [6, 6.07) is 12.0. The number of hydrogen-bond acceptors (Lipinski definition) is 4. The number of anilines is 1. The van der Waals surface area contributed by atoms with Crippen LogP contribution in [0, 0.1) is 6.92 Å². The zero-order valence-corrected chi connectivity index (χ0v) is 21.5. The minimum atomic E-state index is -4.56. The van der Waals surface area contributed by atoms with Crippen LogP contribution in [0.3, 0.4) is 0 Å². The molecule has 0 aliphatic heterocycles. The van der Waals surface area contributed by atoms with Crippen LogP contribution in [-0.2, 0) is 12.7 Å². The fourth-order valence-electron chi connectivity index (χ4n) is 3.80. The van der Waals surface area contributed by atoms with E-state index in [4.69, 9.17) is 23.2 Å². The molecule has 0 aliphatic carbocycles. The number of benzene rings is 2. The van der Waals surface area contributed by atoms with Crippen molar-refractivity contribution in [2.45, 2.75) is 19.6 Å². The minimum absolute atomic E-state index is 0.0410. The summed E-state index contributed by atoms with van der Waals surface area (Å²) in [6.07, 6.45) is -2.00. The van der Waals surface area contributed by atoms with Crippen molar-refractivity contribution in [1.82, 2.24) is 20.1 Å². The molecule has 2 heterocycles. The van der Waals surface area contributed by atoms with Gasteiger partial charge in [-0.05, 0) is 42.3 Å². The highest BCUT2D eigenvalue weighted by Crippen LogP contribution is 2.32. The number of halogens is 5. The normalized spacial score (nSPS) is 11.3. The van der Waals surface area contributed by atoms with Crippen molar-refractivity contribution < 1.29 is 22.8 Å². The fraction of sp³-hybridized carbons (Fsp3) is 0.154. The number of pyridine rings is 1. The van der Waals surface area contributed by atoms with Gasteiger partial charge in [-0.25, -0.2) is 0 Å². The maximum Gasteiger partial charge on any atom is 0.433 e. The molecule has 0 fully saturated rings. The van der Waals surface area contributed by atoms with Gasteiger partial charge in [0.2, 0.25) is 0 Å². The topological polar surface area (TPSA) is 88.9 Å². The summed E-state index contributed by atoms with van der Waals surface area (Å²) in [4.78, 5) is 29.5. The second-order valence-corrected chi connectivity index (χ2v) is 9.14. The van der Waals surface area contributed by atoms with Crippen LogP contribution in [0.4, 0.5) is 18.9 Å². The summed E-state index contributed by atoms with van der Waals surface area (Å²) >= 11 is 12.5. The van der Waals surface area contributed by atoms with Crippen LogP contribution in [-0.4, -0.2) is 33.6 Å². The third-order valence-corrected chi connectivity index (χ3v) is 6.15. The summed E-state index contributed by atoms with van der Waals surface area (Å²) in [6.45, 7) is 1.74. The molecule has 0 saturated heterocycles. The Morgan fingerprint density at radius 2 is 1.76 bits per heavy atom. The summed E-state index contributed by atoms with van der Waals surface area (Å²) < 4.78 is 40.0. The second kappa shape index (κ2) is 10.8. The molecule has 12 heteroatoms. The predicted molar refractivity (Wildman–Crippen MR) is 139 cm³/mol. The third-order valence-electron chi connectivity index (χ3n) is 5.61. The molecule has 4 aromatic rings. The first-order valence-corrected chi connectivity index (χ1v) is 11.9. The summed E-state index contributed by atoms with van der Waals surface area (Å²) in [5.74, 6) is -1.02. The van der Waals surface area contributed by atoms with Gasteiger partial charge in [-0.1, -0.05) is 47.5 Å². The van der Waals surface area contributed by atoms with Gasteiger partial charge in [0, 0.05) is 30.0 Å². The molecule has 0 saturated carbocycles. The number of rotatable bonds is 6. The van der Waals surface area contributed by atoms with Crippen LogP contribution in [0.5, 0.6) is 0 Å². The van der Waals surface area contributed by atoms with Crippen molar-refractivity contribution in [3.63, 3.8) is 0 Å². The molecule has 0 atom stereocenters.